The Morgan fingerprint density at radius 3 is 2.26 bits per heavy atom. The predicted octanol–water partition coefficient (Wildman–Crippen LogP) is 2.41. The second-order valence-corrected chi connectivity index (χ2v) is 4.84. The molecule has 4 nitrogen and oxygen atoms in total. The second kappa shape index (κ2) is 6.92. The van der Waals surface area contributed by atoms with Gasteiger partial charge in [0.2, 0.25) is 5.91 Å². The lowest BCUT2D eigenvalue weighted by atomic mass is 9.84. The second-order valence-electron chi connectivity index (χ2n) is 4.84. The molecule has 4 heteroatoms. The molecule has 0 radical (unpaired) electrons. The molecule has 0 saturated carbocycles. The van der Waals surface area contributed by atoms with Crippen LogP contribution in [0.4, 0.5) is 0 Å². The van der Waals surface area contributed by atoms with E-state index in [1.165, 1.54) is 6.92 Å². The van der Waals surface area contributed by atoms with Crippen molar-refractivity contribution in [2.75, 3.05) is 0 Å². The van der Waals surface area contributed by atoms with Crippen molar-refractivity contribution in [1.29, 1.82) is 0 Å². The van der Waals surface area contributed by atoms with E-state index in [1.807, 2.05) is 44.2 Å². The summed E-state index contributed by atoms with van der Waals surface area (Å²) in [7, 11) is 0. The molecule has 2 unspecified atom stereocenters. The molecule has 0 spiro atoms. The summed E-state index contributed by atoms with van der Waals surface area (Å²) in [6.45, 7) is 5.50. The Bertz CT molecular complexity index is 430. The fourth-order valence-electron chi connectivity index (χ4n) is 2.00. The molecule has 0 aliphatic heterocycles. The zero-order valence-electron chi connectivity index (χ0n) is 11.6. The monoisotopic (exact) mass is 263 g/mol. The summed E-state index contributed by atoms with van der Waals surface area (Å²) in [5.41, 5.74) is 0.923. The van der Waals surface area contributed by atoms with E-state index in [9.17, 15) is 9.59 Å². The van der Waals surface area contributed by atoms with E-state index < -0.39 is 12.0 Å². The average molecular weight is 263 g/mol. The highest BCUT2D eigenvalue weighted by molar-refractivity contribution is 5.88. The number of carbonyl (C=O) groups is 2. The van der Waals surface area contributed by atoms with Gasteiger partial charge in [-0.25, -0.2) is 0 Å². The lowest BCUT2D eigenvalue weighted by molar-refractivity contribution is -0.141. The Labute approximate surface area is 113 Å². The van der Waals surface area contributed by atoms with Crippen LogP contribution in [0.1, 0.15) is 38.7 Å². The number of hydrogen-bond acceptors (Lipinski definition) is 2. The third-order valence-corrected chi connectivity index (χ3v) is 3.38. The first kappa shape index (κ1) is 15.2. The summed E-state index contributed by atoms with van der Waals surface area (Å²) in [6, 6.07) is 8.61. The maximum Gasteiger partial charge on any atom is 0.325 e. The Morgan fingerprint density at radius 1 is 1.21 bits per heavy atom. The highest BCUT2D eigenvalue weighted by Gasteiger charge is 2.27. The third kappa shape index (κ3) is 4.09. The summed E-state index contributed by atoms with van der Waals surface area (Å²) in [4.78, 5) is 23.1. The molecule has 2 N–H and O–H groups in total. The first-order valence-corrected chi connectivity index (χ1v) is 6.55. The third-order valence-electron chi connectivity index (χ3n) is 3.38. The largest absolute Gasteiger partial charge is 0.480 e. The molecule has 0 aliphatic rings. The number of carboxylic acids is 1. The Balaban J connectivity index is 2.92. The van der Waals surface area contributed by atoms with Gasteiger partial charge in [-0.05, 0) is 18.4 Å². The van der Waals surface area contributed by atoms with E-state index in [0.717, 1.165) is 12.0 Å². The van der Waals surface area contributed by atoms with Crippen LogP contribution >= 0.6 is 0 Å². The summed E-state index contributed by atoms with van der Waals surface area (Å²) in [5, 5.41) is 11.4. The van der Waals surface area contributed by atoms with Crippen molar-refractivity contribution >= 4 is 11.9 Å². The van der Waals surface area contributed by atoms with Gasteiger partial charge < -0.3 is 10.4 Å². The van der Waals surface area contributed by atoms with Crippen molar-refractivity contribution in [2.45, 2.75) is 39.2 Å². The molecule has 0 heterocycles. The number of aliphatic carboxylic acids is 1. The molecule has 1 amide bonds. The number of amides is 1. The van der Waals surface area contributed by atoms with Crippen molar-refractivity contribution in [1.82, 2.24) is 5.32 Å². The molecule has 0 saturated heterocycles. The predicted molar refractivity (Wildman–Crippen MR) is 73.9 cm³/mol. The van der Waals surface area contributed by atoms with Crippen LogP contribution in [0.15, 0.2) is 30.3 Å². The number of hydrogen-bond donors (Lipinski definition) is 2. The van der Waals surface area contributed by atoms with Gasteiger partial charge in [0.15, 0.2) is 0 Å². The van der Waals surface area contributed by atoms with Crippen molar-refractivity contribution < 1.29 is 14.7 Å². The summed E-state index contributed by atoms with van der Waals surface area (Å²) < 4.78 is 0. The standard InChI is InChI=1S/C15H21NO3/c1-4-10(2)13(12-8-6-5-7-9-12)14(17)16-11(3)15(18)19/h5-11,13H,4H2,1-3H3,(H,16,17)(H,18,19)/t10?,11-,13?/m0/s1. The van der Waals surface area contributed by atoms with Crippen LogP contribution in [0.3, 0.4) is 0 Å². The molecule has 0 aliphatic carbocycles. The molecule has 0 aromatic heterocycles. The van der Waals surface area contributed by atoms with E-state index >= 15 is 0 Å². The highest BCUT2D eigenvalue weighted by Crippen LogP contribution is 2.27. The normalized spacial score (nSPS) is 15.3. The molecule has 3 atom stereocenters. The molecule has 104 valence electrons. The topological polar surface area (TPSA) is 66.4 Å². The molecule has 1 rings (SSSR count). The highest BCUT2D eigenvalue weighted by atomic mass is 16.4. The maximum absolute atomic E-state index is 12.3. The zero-order valence-corrected chi connectivity index (χ0v) is 11.6. The molecular formula is C15H21NO3. The summed E-state index contributed by atoms with van der Waals surface area (Å²) >= 11 is 0. The first-order valence-electron chi connectivity index (χ1n) is 6.55. The minimum Gasteiger partial charge on any atom is -0.480 e. The van der Waals surface area contributed by atoms with Crippen molar-refractivity contribution in [3.8, 4) is 0 Å². The van der Waals surface area contributed by atoms with Gasteiger partial charge in [-0.2, -0.15) is 0 Å². The molecular weight excluding hydrogens is 242 g/mol. The fraction of sp³-hybridized carbons (Fsp3) is 0.467. The van der Waals surface area contributed by atoms with Crippen LogP contribution in [0, 0.1) is 5.92 Å². The zero-order chi connectivity index (χ0) is 14.4. The van der Waals surface area contributed by atoms with E-state index in [-0.39, 0.29) is 17.7 Å². The van der Waals surface area contributed by atoms with Gasteiger partial charge in [0.25, 0.3) is 0 Å². The number of benzene rings is 1. The minimum absolute atomic E-state index is 0.156. The lowest BCUT2D eigenvalue weighted by Crippen LogP contribution is -2.42. The number of carbonyl (C=O) groups excluding carboxylic acids is 1. The van der Waals surface area contributed by atoms with Crippen molar-refractivity contribution in [3.63, 3.8) is 0 Å². The van der Waals surface area contributed by atoms with E-state index in [0.29, 0.717) is 0 Å². The average Bonchev–Trinajstić information content (AvgIpc) is 2.39. The van der Waals surface area contributed by atoms with E-state index in [2.05, 4.69) is 5.32 Å². The van der Waals surface area contributed by atoms with E-state index in [4.69, 9.17) is 5.11 Å². The van der Waals surface area contributed by atoms with Gasteiger partial charge in [0.1, 0.15) is 6.04 Å². The van der Waals surface area contributed by atoms with Gasteiger partial charge in [-0.3, -0.25) is 9.59 Å². The van der Waals surface area contributed by atoms with Crippen LogP contribution in [-0.4, -0.2) is 23.0 Å². The summed E-state index contributed by atoms with van der Waals surface area (Å²) in [5.74, 6) is -1.41. The van der Waals surface area contributed by atoms with Gasteiger partial charge in [0.05, 0.1) is 5.92 Å². The molecule has 0 fully saturated rings. The quantitative estimate of drug-likeness (QED) is 0.828. The first-order chi connectivity index (χ1) is 8.97. The summed E-state index contributed by atoms with van der Waals surface area (Å²) in [6.07, 6.45) is 0.856. The van der Waals surface area contributed by atoms with Crippen molar-refractivity contribution in [3.05, 3.63) is 35.9 Å². The van der Waals surface area contributed by atoms with E-state index in [1.54, 1.807) is 0 Å². The Kier molecular flexibility index (Phi) is 5.55. The van der Waals surface area contributed by atoms with Crippen molar-refractivity contribution in [2.24, 2.45) is 5.92 Å². The van der Waals surface area contributed by atoms with Crippen LogP contribution < -0.4 is 5.32 Å². The Morgan fingerprint density at radius 2 is 1.79 bits per heavy atom. The van der Waals surface area contributed by atoms with Gasteiger partial charge in [-0.15, -0.1) is 0 Å². The minimum atomic E-state index is -1.02. The molecule has 1 aromatic carbocycles. The lowest BCUT2D eigenvalue weighted by Gasteiger charge is -2.23. The SMILES string of the molecule is CCC(C)C(C(=O)N[C@@H](C)C(=O)O)c1ccccc1. The van der Waals surface area contributed by atoms with Crippen LogP contribution in [0.25, 0.3) is 0 Å². The molecule has 19 heavy (non-hydrogen) atoms. The molecule has 0 bridgehead atoms. The number of rotatable bonds is 6. The van der Waals surface area contributed by atoms with Crippen LogP contribution in [-0.2, 0) is 9.59 Å². The van der Waals surface area contributed by atoms with Gasteiger partial charge >= 0.3 is 5.97 Å². The Hall–Kier alpha value is -1.84. The molecule has 1 aromatic rings. The van der Waals surface area contributed by atoms with Crippen LogP contribution in [0.2, 0.25) is 0 Å². The van der Waals surface area contributed by atoms with Gasteiger partial charge in [-0.1, -0.05) is 50.6 Å². The number of carboxylic acid groups (broad SMARTS) is 1. The van der Waals surface area contributed by atoms with Gasteiger partial charge in [0, 0.05) is 0 Å². The smallest absolute Gasteiger partial charge is 0.325 e. The number of nitrogens with one attached hydrogen (secondary N) is 1. The fourth-order valence-corrected chi connectivity index (χ4v) is 2.00. The maximum atomic E-state index is 12.3. The van der Waals surface area contributed by atoms with Crippen LogP contribution in [0.5, 0.6) is 0 Å².